The predicted molar refractivity (Wildman–Crippen MR) is 61.8 cm³/mol. The summed E-state index contributed by atoms with van der Waals surface area (Å²) >= 11 is 4.88. The lowest BCUT2D eigenvalue weighted by Crippen LogP contribution is -2.02. The quantitative estimate of drug-likeness (QED) is 0.781. The second-order valence-electron chi connectivity index (χ2n) is 3.16. The number of benzene rings is 1. The molecule has 1 aromatic carbocycles. The summed E-state index contributed by atoms with van der Waals surface area (Å²) in [5, 5.41) is 8.88. The normalized spacial score (nSPS) is 10.0. The van der Waals surface area contributed by atoms with E-state index in [0.717, 1.165) is 5.56 Å². The maximum atomic E-state index is 10.8. The van der Waals surface area contributed by atoms with Gasteiger partial charge in [0.2, 0.25) is 0 Å². The Bertz CT molecular complexity index is 578. The third-order valence-electron chi connectivity index (χ3n) is 2.04. The van der Waals surface area contributed by atoms with E-state index in [1.54, 1.807) is 0 Å². The number of aromatic carboxylic acids is 1. The molecular weight excluding hydrogens is 224 g/mol. The van der Waals surface area contributed by atoms with Crippen molar-refractivity contribution in [3.05, 3.63) is 46.9 Å². The van der Waals surface area contributed by atoms with Crippen molar-refractivity contribution in [1.82, 2.24) is 9.97 Å². The molecule has 1 heterocycles. The Morgan fingerprint density at radius 1 is 1.31 bits per heavy atom. The van der Waals surface area contributed by atoms with Gasteiger partial charge < -0.3 is 10.1 Å². The minimum Gasteiger partial charge on any atom is -0.477 e. The van der Waals surface area contributed by atoms with Crippen molar-refractivity contribution in [3.63, 3.8) is 0 Å². The molecule has 80 valence electrons. The molecule has 4 nitrogen and oxygen atoms in total. The fourth-order valence-electron chi connectivity index (χ4n) is 1.33. The largest absolute Gasteiger partial charge is 0.477 e. The molecule has 0 unspecified atom stereocenters. The molecule has 0 atom stereocenters. The first-order valence-corrected chi connectivity index (χ1v) is 4.98. The lowest BCUT2D eigenvalue weighted by atomic mass is 10.1. The Hall–Kier alpha value is -2.01. The maximum Gasteiger partial charge on any atom is 0.352 e. The highest BCUT2D eigenvalue weighted by Gasteiger charge is 2.07. The predicted octanol–water partition coefficient (Wildman–Crippen LogP) is 2.50. The van der Waals surface area contributed by atoms with Crippen LogP contribution in [0.5, 0.6) is 0 Å². The first-order valence-electron chi connectivity index (χ1n) is 4.57. The van der Waals surface area contributed by atoms with Gasteiger partial charge in [0, 0.05) is 5.56 Å². The fraction of sp³-hybridized carbons (Fsp3) is 0. The van der Waals surface area contributed by atoms with Crippen LogP contribution in [0.15, 0.2) is 36.4 Å². The zero-order valence-electron chi connectivity index (χ0n) is 8.18. The average Bonchev–Trinajstić information content (AvgIpc) is 2.29. The van der Waals surface area contributed by atoms with E-state index < -0.39 is 5.97 Å². The fourth-order valence-corrected chi connectivity index (χ4v) is 1.54. The number of carboxylic acids is 1. The van der Waals surface area contributed by atoms with Crippen molar-refractivity contribution in [1.29, 1.82) is 0 Å². The molecule has 2 aromatic rings. The molecule has 16 heavy (non-hydrogen) atoms. The number of rotatable bonds is 2. The van der Waals surface area contributed by atoms with Gasteiger partial charge in [0.05, 0.1) is 5.69 Å². The molecule has 0 aliphatic rings. The lowest BCUT2D eigenvalue weighted by Gasteiger charge is -2.01. The molecule has 0 saturated carbocycles. The Morgan fingerprint density at radius 2 is 2.00 bits per heavy atom. The van der Waals surface area contributed by atoms with E-state index in [1.807, 2.05) is 30.3 Å². The van der Waals surface area contributed by atoms with Gasteiger partial charge in [-0.25, -0.2) is 9.78 Å². The van der Waals surface area contributed by atoms with Gasteiger partial charge in [-0.3, -0.25) is 0 Å². The van der Waals surface area contributed by atoms with Gasteiger partial charge in [-0.15, -0.1) is 0 Å². The van der Waals surface area contributed by atoms with Crippen LogP contribution < -0.4 is 0 Å². The monoisotopic (exact) mass is 232 g/mol. The van der Waals surface area contributed by atoms with Crippen LogP contribution in [0, 0.1) is 4.77 Å². The number of carboxylic acid groups (broad SMARTS) is 1. The highest BCUT2D eigenvalue weighted by molar-refractivity contribution is 7.71. The van der Waals surface area contributed by atoms with Crippen molar-refractivity contribution >= 4 is 18.2 Å². The van der Waals surface area contributed by atoms with Crippen LogP contribution in [0.1, 0.15) is 10.5 Å². The third kappa shape index (κ3) is 2.14. The Kier molecular flexibility index (Phi) is 2.78. The van der Waals surface area contributed by atoms with Gasteiger partial charge in [-0.05, 0) is 18.3 Å². The SMILES string of the molecule is O=C(O)c1cc(-c2ccccc2)nc(=S)[nH]1. The van der Waals surface area contributed by atoms with Gasteiger partial charge >= 0.3 is 5.97 Å². The number of hydrogen-bond acceptors (Lipinski definition) is 3. The van der Waals surface area contributed by atoms with E-state index in [1.165, 1.54) is 6.07 Å². The Labute approximate surface area is 96.6 Å². The summed E-state index contributed by atoms with van der Waals surface area (Å²) in [7, 11) is 0. The van der Waals surface area contributed by atoms with Crippen molar-refractivity contribution in [2.24, 2.45) is 0 Å². The van der Waals surface area contributed by atoms with Gasteiger partial charge in [0.1, 0.15) is 5.69 Å². The van der Waals surface area contributed by atoms with Gasteiger partial charge in [-0.1, -0.05) is 30.3 Å². The second-order valence-corrected chi connectivity index (χ2v) is 3.54. The van der Waals surface area contributed by atoms with Crippen LogP contribution >= 0.6 is 12.2 Å². The van der Waals surface area contributed by atoms with Crippen molar-refractivity contribution in [2.75, 3.05) is 0 Å². The molecular formula is C11H8N2O2S. The number of aromatic nitrogens is 2. The van der Waals surface area contributed by atoms with E-state index in [0.29, 0.717) is 5.69 Å². The third-order valence-corrected chi connectivity index (χ3v) is 2.24. The number of nitrogens with zero attached hydrogens (tertiary/aromatic N) is 1. The summed E-state index contributed by atoms with van der Waals surface area (Å²) in [6.45, 7) is 0. The van der Waals surface area contributed by atoms with Gasteiger partial charge in [-0.2, -0.15) is 0 Å². The second kappa shape index (κ2) is 4.24. The molecule has 0 amide bonds. The number of hydrogen-bond donors (Lipinski definition) is 2. The van der Waals surface area contributed by atoms with Crippen LogP contribution in [0.25, 0.3) is 11.3 Å². The number of carbonyl (C=O) groups is 1. The molecule has 2 rings (SSSR count). The summed E-state index contributed by atoms with van der Waals surface area (Å²) in [4.78, 5) is 17.4. The van der Waals surface area contributed by atoms with E-state index in [4.69, 9.17) is 17.3 Å². The molecule has 2 N–H and O–H groups in total. The average molecular weight is 232 g/mol. The molecule has 5 heteroatoms. The lowest BCUT2D eigenvalue weighted by molar-refractivity contribution is 0.0690. The first-order chi connectivity index (χ1) is 7.66. The zero-order chi connectivity index (χ0) is 11.5. The minimum atomic E-state index is -1.05. The summed E-state index contributed by atoms with van der Waals surface area (Å²) in [5.74, 6) is -1.05. The zero-order valence-corrected chi connectivity index (χ0v) is 8.99. The van der Waals surface area contributed by atoms with E-state index >= 15 is 0 Å². The van der Waals surface area contributed by atoms with Crippen LogP contribution in [0.3, 0.4) is 0 Å². The van der Waals surface area contributed by atoms with Crippen molar-refractivity contribution in [2.45, 2.75) is 0 Å². The van der Waals surface area contributed by atoms with Crippen LogP contribution in [0.2, 0.25) is 0 Å². The van der Waals surface area contributed by atoms with Crippen LogP contribution in [-0.2, 0) is 0 Å². The first kappa shape index (κ1) is 10.5. The minimum absolute atomic E-state index is 0.0406. The Morgan fingerprint density at radius 3 is 2.62 bits per heavy atom. The standard InChI is InChI=1S/C11H8N2O2S/c14-10(15)9-6-8(12-11(16)13-9)7-4-2-1-3-5-7/h1-6H,(H,14,15)(H,12,13,16). The van der Waals surface area contributed by atoms with E-state index in [-0.39, 0.29) is 10.5 Å². The Balaban J connectivity index is 2.58. The number of aromatic amines is 1. The molecule has 0 aliphatic heterocycles. The molecule has 1 aromatic heterocycles. The summed E-state index contributed by atoms with van der Waals surface area (Å²) in [5.41, 5.74) is 1.44. The topological polar surface area (TPSA) is 66.0 Å². The smallest absolute Gasteiger partial charge is 0.352 e. The maximum absolute atomic E-state index is 10.8. The van der Waals surface area contributed by atoms with E-state index in [2.05, 4.69) is 9.97 Å². The molecule has 0 saturated heterocycles. The molecule has 0 fully saturated rings. The summed E-state index contributed by atoms with van der Waals surface area (Å²) in [6.07, 6.45) is 0. The highest BCUT2D eigenvalue weighted by Crippen LogP contribution is 2.16. The summed E-state index contributed by atoms with van der Waals surface area (Å²) < 4.78 is 0.166. The van der Waals surface area contributed by atoms with Gasteiger partial charge in [0.25, 0.3) is 0 Å². The molecule has 0 radical (unpaired) electrons. The van der Waals surface area contributed by atoms with Crippen LogP contribution in [0.4, 0.5) is 0 Å². The molecule has 0 bridgehead atoms. The van der Waals surface area contributed by atoms with E-state index in [9.17, 15) is 4.79 Å². The van der Waals surface area contributed by atoms with Crippen molar-refractivity contribution in [3.8, 4) is 11.3 Å². The molecule has 0 aliphatic carbocycles. The number of nitrogens with one attached hydrogen (secondary N) is 1. The summed E-state index contributed by atoms with van der Waals surface area (Å²) in [6, 6.07) is 10.8. The number of H-pyrrole nitrogens is 1. The van der Waals surface area contributed by atoms with Gasteiger partial charge in [0.15, 0.2) is 4.77 Å². The molecule has 0 spiro atoms. The van der Waals surface area contributed by atoms with Crippen LogP contribution in [-0.4, -0.2) is 21.0 Å². The highest BCUT2D eigenvalue weighted by atomic mass is 32.1. The van der Waals surface area contributed by atoms with Crippen molar-refractivity contribution < 1.29 is 9.90 Å².